The van der Waals surface area contributed by atoms with Gasteiger partial charge in [-0.1, -0.05) is 102 Å². The van der Waals surface area contributed by atoms with Gasteiger partial charge in [-0.15, -0.1) is 0 Å². The molecule has 0 saturated carbocycles. The lowest BCUT2D eigenvalue weighted by Gasteiger charge is -2.24. The molecule has 2 heteroatoms. The topological polar surface area (TPSA) is 0 Å². The molecule has 0 atom stereocenters. The minimum atomic E-state index is 0.130. The highest BCUT2D eigenvalue weighted by molar-refractivity contribution is 7.98. The van der Waals surface area contributed by atoms with Gasteiger partial charge in [-0.3, -0.25) is 0 Å². The van der Waals surface area contributed by atoms with Crippen molar-refractivity contribution in [3.63, 3.8) is 0 Å². The minimum Gasteiger partial charge on any atom is -0.152 e. The first kappa shape index (κ1) is 25.1. The Balaban J connectivity index is 1.52. The molecule has 190 valence electrons. The second-order valence-corrected chi connectivity index (χ2v) is 15.0. The molecule has 0 spiro atoms. The van der Waals surface area contributed by atoms with Gasteiger partial charge in [-0.25, -0.2) is 0 Å². The van der Waals surface area contributed by atoms with E-state index in [0.717, 1.165) is 29.4 Å². The lowest BCUT2D eigenvalue weighted by Crippen LogP contribution is -2.13. The molecule has 0 aromatic heterocycles. The van der Waals surface area contributed by atoms with E-state index in [2.05, 4.69) is 126 Å². The second kappa shape index (κ2) is 9.24. The fourth-order valence-electron chi connectivity index (χ4n) is 5.74. The average Bonchev–Trinajstić information content (AvgIpc) is 3.22. The van der Waals surface area contributed by atoms with Crippen molar-refractivity contribution >= 4 is 34.3 Å². The summed E-state index contributed by atoms with van der Waals surface area (Å²) in [6.07, 6.45) is 1.08. The molecule has 3 aliphatic rings. The first-order valence-electron chi connectivity index (χ1n) is 13.6. The number of hydrogen-bond donors (Lipinski definition) is 0. The Morgan fingerprint density at radius 3 is 1.35 bits per heavy atom. The smallest absolute Gasteiger partial charge is 0.0191 e. The molecule has 0 unspecified atom stereocenters. The molecule has 6 bridgehead atoms. The standard InChI is InChI=1S/C35H38S2/c1-34(2,3)28-13-26-20-36-18-22-7-9-25-12-23(8-10-24(25)11-22)19-37-21-27-14-29(35(4,5)6)16-33-31(27)17-30(26)32(33)15-28/h7-16H,17-21H2,1-6H3. The van der Waals surface area contributed by atoms with Crippen LogP contribution in [-0.4, -0.2) is 0 Å². The molecular weight excluding hydrogens is 485 g/mol. The van der Waals surface area contributed by atoms with Crippen molar-refractivity contribution in [2.24, 2.45) is 0 Å². The second-order valence-electron chi connectivity index (χ2n) is 13.0. The number of rotatable bonds is 0. The summed E-state index contributed by atoms with van der Waals surface area (Å²) < 4.78 is 0. The average molecular weight is 523 g/mol. The van der Waals surface area contributed by atoms with E-state index in [1.54, 1.807) is 11.1 Å². The molecule has 0 nitrogen and oxygen atoms in total. The Bertz CT molecular complexity index is 1400. The largest absolute Gasteiger partial charge is 0.152 e. The summed E-state index contributed by atoms with van der Waals surface area (Å²) in [4.78, 5) is 0. The summed E-state index contributed by atoms with van der Waals surface area (Å²) in [5.41, 5.74) is 15.2. The summed E-state index contributed by atoms with van der Waals surface area (Å²) in [6.45, 7) is 14.1. The maximum atomic E-state index is 2.52. The number of thioether (sulfide) groups is 2. The van der Waals surface area contributed by atoms with Crippen molar-refractivity contribution < 1.29 is 0 Å². The van der Waals surface area contributed by atoms with Crippen LogP contribution in [0.3, 0.4) is 0 Å². The Labute approximate surface area is 231 Å². The molecule has 0 saturated heterocycles. The predicted molar refractivity (Wildman–Crippen MR) is 166 cm³/mol. The minimum absolute atomic E-state index is 0.130. The molecule has 37 heavy (non-hydrogen) atoms. The van der Waals surface area contributed by atoms with Crippen molar-refractivity contribution in [1.82, 2.24) is 0 Å². The van der Waals surface area contributed by atoms with E-state index in [-0.39, 0.29) is 10.8 Å². The van der Waals surface area contributed by atoms with Crippen LogP contribution in [0, 0.1) is 0 Å². The predicted octanol–water partition coefficient (Wildman–Crippen LogP) is 10.2. The van der Waals surface area contributed by atoms with Crippen molar-refractivity contribution in [2.75, 3.05) is 0 Å². The number of benzene rings is 4. The van der Waals surface area contributed by atoms with Gasteiger partial charge in [-0.05, 0) is 83.7 Å². The van der Waals surface area contributed by atoms with Gasteiger partial charge in [-0.2, -0.15) is 23.5 Å². The maximum Gasteiger partial charge on any atom is 0.0191 e. The lowest BCUT2D eigenvalue weighted by atomic mass is 9.82. The summed E-state index contributed by atoms with van der Waals surface area (Å²) in [6, 6.07) is 24.2. The Morgan fingerprint density at radius 2 is 0.946 bits per heavy atom. The van der Waals surface area contributed by atoms with E-state index in [4.69, 9.17) is 0 Å². The van der Waals surface area contributed by atoms with Crippen LogP contribution in [0.4, 0.5) is 0 Å². The van der Waals surface area contributed by atoms with E-state index in [9.17, 15) is 0 Å². The summed E-state index contributed by atoms with van der Waals surface area (Å²) in [5.74, 6) is 4.23. The molecule has 1 aliphatic carbocycles. The molecule has 0 N–H and O–H groups in total. The first-order valence-corrected chi connectivity index (χ1v) is 15.9. The zero-order valence-corrected chi connectivity index (χ0v) is 24.8. The summed E-state index contributed by atoms with van der Waals surface area (Å²) in [7, 11) is 0. The zero-order chi connectivity index (χ0) is 25.9. The third kappa shape index (κ3) is 4.88. The highest BCUT2D eigenvalue weighted by atomic mass is 32.2. The van der Waals surface area contributed by atoms with Crippen molar-refractivity contribution in [3.8, 4) is 11.1 Å². The molecule has 7 rings (SSSR count). The van der Waals surface area contributed by atoms with Gasteiger partial charge in [0, 0.05) is 23.0 Å². The quantitative estimate of drug-likeness (QED) is 0.198. The van der Waals surface area contributed by atoms with Gasteiger partial charge in [0.2, 0.25) is 0 Å². The van der Waals surface area contributed by atoms with Gasteiger partial charge in [0.05, 0.1) is 0 Å². The van der Waals surface area contributed by atoms with E-state index < -0.39 is 0 Å². The Hall–Kier alpha value is -2.16. The maximum absolute atomic E-state index is 2.52. The van der Waals surface area contributed by atoms with Gasteiger partial charge in [0.25, 0.3) is 0 Å². The van der Waals surface area contributed by atoms with Gasteiger partial charge >= 0.3 is 0 Å². The molecular formula is C35H38S2. The van der Waals surface area contributed by atoms with E-state index in [1.807, 2.05) is 0 Å². The normalized spacial score (nSPS) is 15.6. The highest BCUT2D eigenvalue weighted by Crippen LogP contribution is 2.46. The fourth-order valence-corrected chi connectivity index (χ4v) is 7.73. The zero-order valence-electron chi connectivity index (χ0n) is 23.1. The molecule has 2 aliphatic heterocycles. The fraction of sp³-hybridized carbons (Fsp3) is 0.371. The monoisotopic (exact) mass is 522 g/mol. The molecule has 4 aromatic rings. The van der Waals surface area contributed by atoms with Crippen LogP contribution in [0.25, 0.3) is 21.9 Å². The summed E-state index contributed by atoms with van der Waals surface area (Å²) in [5, 5.41) is 2.72. The highest BCUT2D eigenvalue weighted by Gasteiger charge is 2.29. The van der Waals surface area contributed by atoms with Crippen molar-refractivity contribution in [2.45, 2.75) is 81.8 Å². The van der Waals surface area contributed by atoms with Gasteiger partial charge < -0.3 is 0 Å². The molecule has 2 heterocycles. The molecule has 0 fully saturated rings. The van der Waals surface area contributed by atoms with Crippen LogP contribution in [-0.2, 0) is 40.3 Å². The van der Waals surface area contributed by atoms with Crippen LogP contribution in [0.1, 0.15) is 86.1 Å². The number of fused-ring (bicyclic) bond motifs is 7. The van der Waals surface area contributed by atoms with E-state index >= 15 is 0 Å². The van der Waals surface area contributed by atoms with Gasteiger partial charge in [0.15, 0.2) is 0 Å². The van der Waals surface area contributed by atoms with Crippen LogP contribution in [0.15, 0.2) is 60.7 Å². The lowest BCUT2D eigenvalue weighted by molar-refractivity contribution is 0.589. The first-order chi connectivity index (χ1) is 17.6. The third-order valence-corrected chi connectivity index (χ3v) is 10.2. The Morgan fingerprint density at radius 1 is 0.514 bits per heavy atom. The van der Waals surface area contributed by atoms with Crippen LogP contribution in [0.5, 0.6) is 0 Å². The van der Waals surface area contributed by atoms with E-state index in [1.165, 1.54) is 55.3 Å². The molecule has 0 radical (unpaired) electrons. The van der Waals surface area contributed by atoms with Gasteiger partial charge in [0.1, 0.15) is 0 Å². The van der Waals surface area contributed by atoms with E-state index in [0.29, 0.717) is 0 Å². The van der Waals surface area contributed by atoms with Crippen LogP contribution < -0.4 is 0 Å². The SMILES string of the molecule is CC(C)(C)c1cc2c3c(c1)-c1cc(C(C)(C)C)cc(c1C3)CSCc1ccc3cc(ccc3c1)CSC2. The third-order valence-electron chi connectivity index (χ3n) is 8.08. The summed E-state index contributed by atoms with van der Waals surface area (Å²) >= 11 is 4.12. The molecule has 4 aromatic carbocycles. The number of hydrogen-bond acceptors (Lipinski definition) is 2. The molecule has 0 amide bonds. The Kier molecular flexibility index (Phi) is 6.28. The van der Waals surface area contributed by atoms with Crippen molar-refractivity contribution in [3.05, 3.63) is 105 Å². The van der Waals surface area contributed by atoms with Crippen molar-refractivity contribution in [1.29, 1.82) is 0 Å². The van der Waals surface area contributed by atoms with Crippen LogP contribution >= 0.6 is 23.5 Å². The van der Waals surface area contributed by atoms with Crippen LogP contribution in [0.2, 0.25) is 0 Å².